The van der Waals surface area contributed by atoms with Gasteiger partial charge >= 0.3 is 5.63 Å². The number of carbonyl (C=O) groups excluding carboxylic acids is 1. The highest BCUT2D eigenvalue weighted by molar-refractivity contribution is 7.11. The van der Waals surface area contributed by atoms with Crippen LogP contribution in [-0.2, 0) is 0 Å². The van der Waals surface area contributed by atoms with Gasteiger partial charge < -0.3 is 15.5 Å². The molecule has 152 valence electrons. The number of amides is 1. The fourth-order valence-corrected chi connectivity index (χ4v) is 3.79. The number of anilines is 1. The number of hydrogen-bond acceptors (Lipinski definition) is 7. The summed E-state index contributed by atoms with van der Waals surface area (Å²) in [6.07, 6.45) is 1.50. The molecule has 1 amide bonds. The number of halogens is 1. The summed E-state index contributed by atoms with van der Waals surface area (Å²) in [7, 11) is 0. The van der Waals surface area contributed by atoms with Crippen molar-refractivity contribution >= 4 is 51.1 Å². The molecule has 4 rings (SSSR count). The van der Waals surface area contributed by atoms with Crippen molar-refractivity contribution in [2.75, 3.05) is 5.32 Å². The summed E-state index contributed by atoms with van der Waals surface area (Å²) in [5.41, 5.74) is 7.15. The van der Waals surface area contributed by atoms with Gasteiger partial charge in [0.2, 0.25) is 5.91 Å². The van der Waals surface area contributed by atoms with Crippen LogP contribution in [0.1, 0.15) is 15.4 Å². The van der Waals surface area contributed by atoms with Gasteiger partial charge in [0.05, 0.1) is 11.3 Å². The SMILES string of the molecule is N#CC(=CNc1ccc(C(N)=O)cc1)c1nc(-c2cc3cc(Cl)ccc3oc2=O)cs1. The second-order valence-electron chi connectivity index (χ2n) is 6.42. The molecule has 2 aromatic heterocycles. The molecule has 4 aromatic rings. The lowest BCUT2D eigenvalue weighted by Gasteiger charge is -2.02. The zero-order chi connectivity index (χ0) is 22.0. The van der Waals surface area contributed by atoms with Crippen LogP contribution < -0.4 is 16.7 Å². The van der Waals surface area contributed by atoms with Crippen LogP contribution in [-0.4, -0.2) is 10.9 Å². The van der Waals surface area contributed by atoms with Crippen LogP contribution in [0.5, 0.6) is 0 Å². The van der Waals surface area contributed by atoms with E-state index in [1.807, 2.05) is 0 Å². The van der Waals surface area contributed by atoms with Crippen molar-refractivity contribution in [3.63, 3.8) is 0 Å². The van der Waals surface area contributed by atoms with E-state index in [0.29, 0.717) is 37.9 Å². The zero-order valence-corrected chi connectivity index (χ0v) is 17.3. The zero-order valence-electron chi connectivity index (χ0n) is 15.8. The number of aromatic nitrogens is 1. The molecule has 31 heavy (non-hydrogen) atoms. The molecule has 0 aliphatic heterocycles. The van der Waals surface area contributed by atoms with E-state index < -0.39 is 11.5 Å². The Bertz CT molecular complexity index is 1430. The minimum Gasteiger partial charge on any atom is -0.422 e. The largest absolute Gasteiger partial charge is 0.422 e. The standard InChI is InChI=1S/C22H13ClN4O3S/c23-15-3-6-19-13(7-15)8-17(22(29)30-19)18-11-31-21(27-18)14(9-24)10-26-16-4-1-12(2-5-16)20(25)28/h1-8,10-11,26H,(H2,25,28). The Morgan fingerprint density at radius 1 is 1.23 bits per heavy atom. The van der Waals surface area contributed by atoms with Gasteiger partial charge in [-0.3, -0.25) is 4.79 Å². The van der Waals surface area contributed by atoms with Crippen LogP contribution in [0.2, 0.25) is 5.02 Å². The van der Waals surface area contributed by atoms with E-state index >= 15 is 0 Å². The Labute approximate surface area is 185 Å². The molecule has 0 bridgehead atoms. The van der Waals surface area contributed by atoms with E-state index in [4.69, 9.17) is 21.8 Å². The normalized spacial score (nSPS) is 11.3. The third kappa shape index (κ3) is 4.33. The Morgan fingerprint density at radius 2 is 2.00 bits per heavy atom. The molecule has 0 atom stereocenters. The Kier molecular flexibility index (Phi) is 5.54. The fraction of sp³-hybridized carbons (Fsp3) is 0. The molecule has 0 aliphatic rings. The molecule has 2 aromatic carbocycles. The molecule has 0 fully saturated rings. The smallest absolute Gasteiger partial charge is 0.345 e. The summed E-state index contributed by atoms with van der Waals surface area (Å²) in [5.74, 6) is -0.518. The number of benzene rings is 2. The lowest BCUT2D eigenvalue weighted by molar-refractivity contribution is 0.100. The third-order valence-corrected chi connectivity index (χ3v) is 5.49. The number of nitrogens with two attached hydrogens (primary N) is 1. The number of thiazole rings is 1. The summed E-state index contributed by atoms with van der Waals surface area (Å²) in [4.78, 5) is 28.0. The van der Waals surface area contributed by atoms with Gasteiger partial charge in [-0.1, -0.05) is 11.6 Å². The van der Waals surface area contributed by atoms with E-state index in [-0.39, 0.29) is 11.1 Å². The van der Waals surface area contributed by atoms with Crippen molar-refractivity contribution in [3.8, 4) is 17.3 Å². The number of hydrogen-bond donors (Lipinski definition) is 2. The van der Waals surface area contributed by atoms with Crippen LogP contribution in [0.4, 0.5) is 5.69 Å². The van der Waals surface area contributed by atoms with E-state index in [0.717, 1.165) is 0 Å². The first kappa shape index (κ1) is 20.3. The summed E-state index contributed by atoms with van der Waals surface area (Å²) in [6, 6.07) is 15.2. The first-order chi connectivity index (χ1) is 14.9. The maximum Gasteiger partial charge on any atom is 0.345 e. The predicted molar refractivity (Wildman–Crippen MR) is 121 cm³/mol. The highest BCUT2D eigenvalue weighted by Gasteiger charge is 2.14. The fourth-order valence-electron chi connectivity index (χ4n) is 2.82. The molecule has 3 N–H and O–H groups in total. The van der Waals surface area contributed by atoms with Crippen molar-refractivity contribution in [2.24, 2.45) is 5.73 Å². The highest BCUT2D eigenvalue weighted by Crippen LogP contribution is 2.27. The summed E-state index contributed by atoms with van der Waals surface area (Å²) in [6.45, 7) is 0. The van der Waals surface area contributed by atoms with E-state index in [1.165, 1.54) is 17.5 Å². The van der Waals surface area contributed by atoms with Gasteiger partial charge in [0.15, 0.2) is 0 Å². The van der Waals surface area contributed by atoms with Crippen molar-refractivity contribution in [2.45, 2.75) is 0 Å². The maximum absolute atomic E-state index is 12.4. The molecular formula is C22H13ClN4O3S. The first-order valence-corrected chi connectivity index (χ1v) is 10.2. The van der Waals surface area contributed by atoms with Gasteiger partial charge in [-0.2, -0.15) is 5.26 Å². The Balaban J connectivity index is 1.62. The highest BCUT2D eigenvalue weighted by atomic mass is 35.5. The molecule has 9 heteroatoms. The molecule has 0 saturated heterocycles. The summed E-state index contributed by atoms with van der Waals surface area (Å²) >= 11 is 7.25. The number of nitriles is 1. The van der Waals surface area contributed by atoms with Gasteiger partial charge in [-0.15, -0.1) is 11.3 Å². The van der Waals surface area contributed by atoms with Gasteiger partial charge in [0, 0.05) is 33.2 Å². The van der Waals surface area contributed by atoms with Crippen LogP contribution in [0.15, 0.2) is 69.3 Å². The van der Waals surface area contributed by atoms with Gasteiger partial charge in [-0.25, -0.2) is 9.78 Å². The molecule has 0 radical (unpaired) electrons. The van der Waals surface area contributed by atoms with Crippen LogP contribution in [0.25, 0.3) is 27.8 Å². The molecule has 0 unspecified atom stereocenters. The molecular weight excluding hydrogens is 436 g/mol. The molecule has 7 nitrogen and oxygen atoms in total. The molecule has 0 saturated carbocycles. The van der Waals surface area contributed by atoms with E-state index in [2.05, 4.69) is 16.4 Å². The number of nitrogens with one attached hydrogen (secondary N) is 1. The maximum atomic E-state index is 12.4. The second kappa shape index (κ2) is 8.44. The molecule has 2 heterocycles. The second-order valence-corrected chi connectivity index (χ2v) is 7.72. The number of allylic oxidation sites excluding steroid dienone is 1. The van der Waals surface area contributed by atoms with Crippen molar-refractivity contribution in [3.05, 3.63) is 86.1 Å². The van der Waals surface area contributed by atoms with Gasteiger partial charge in [0.25, 0.3) is 0 Å². The monoisotopic (exact) mass is 448 g/mol. The Hall–Kier alpha value is -3.93. The predicted octanol–water partition coefficient (Wildman–Crippen LogP) is 4.65. The Morgan fingerprint density at radius 3 is 2.71 bits per heavy atom. The quantitative estimate of drug-likeness (QED) is 0.338. The van der Waals surface area contributed by atoms with E-state index in [1.54, 1.807) is 53.9 Å². The van der Waals surface area contributed by atoms with E-state index in [9.17, 15) is 14.9 Å². The topological polar surface area (TPSA) is 122 Å². The van der Waals surface area contributed by atoms with Gasteiger partial charge in [-0.05, 0) is 48.5 Å². The lowest BCUT2D eigenvalue weighted by atomic mass is 10.1. The summed E-state index contributed by atoms with van der Waals surface area (Å²) in [5, 5.41) is 15.8. The number of rotatable bonds is 5. The lowest BCUT2D eigenvalue weighted by Crippen LogP contribution is -2.10. The molecule has 0 aliphatic carbocycles. The van der Waals surface area contributed by atoms with Crippen molar-refractivity contribution < 1.29 is 9.21 Å². The van der Waals surface area contributed by atoms with Crippen LogP contribution >= 0.6 is 22.9 Å². The number of carbonyl (C=O) groups is 1. The first-order valence-electron chi connectivity index (χ1n) is 8.91. The van der Waals surface area contributed by atoms with Crippen LogP contribution in [0.3, 0.4) is 0 Å². The minimum atomic E-state index is -0.526. The molecule has 0 spiro atoms. The van der Waals surface area contributed by atoms with Crippen molar-refractivity contribution in [1.29, 1.82) is 5.26 Å². The third-order valence-electron chi connectivity index (χ3n) is 4.38. The minimum absolute atomic E-state index is 0.281. The van der Waals surface area contributed by atoms with Crippen LogP contribution in [0, 0.1) is 11.3 Å². The number of fused-ring (bicyclic) bond motifs is 1. The van der Waals surface area contributed by atoms with Crippen molar-refractivity contribution in [1.82, 2.24) is 4.98 Å². The average molecular weight is 449 g/mol. The number of primary amides is 1. The number of nitrogens with zero attached hydrogens (tertiary/aromatic N) is 2. The summed E-state index contributed by atoms with van der Waals surface area (Å²) < 4.78 is 5.36. The van der Waals surface area contributed by atoms with Gasteiger partial charge in [0.1, 0.15) is 22.2 Å². The average Bonchev–Trinajstić information content (AvgIpc) is 3.24.